The van der Waals surface area contributed by atoms with E-state index in [0.717, 1.165) is 0 Å². The molecule has 0 aromatic heterocycles. The summed E-state index contributed by atoms with van der Waals surface area (Å²) < 4.78 is 27.2. The molecule has 1 aliphatic carbocycles. The molecule has 1 saturated carbocycles. The largest absolute Gasteiger partial charge is 0.392 e. The maximum atomic E-state index is 13.3. The van der Waals surface area contributed by atoms with Crippen molar-refractivity contribution >= 4 is 21.8 Å². The van der Waals surface area contributed by atoms with Gasteiger partial charge in [0.2, 0.25) is 5.92 Å². The van der Waals surface area contributed by atoms with Gasteiger partial charge in [-0.2, -0.15) is 0 Å². The minimum Gasteiger partial charge on any atom is -0.392 e. The number of nitrogens with one attached hydrogen (secondary N) is 1. The van der Waals surface area contributed by atoms with Gasteiger partial charge in [-0.3, -0.25) is 4.79 Å². The number of rotatable bonds is 1. The first-order valence-corrected chi connectivity index (χ1v) is 6.76. The Balaban J connectivity index is 2.14. The third kappa shape index (κ3) is 1.89. The zero-order valence-electron chi connectivity index (χ0n) is 9.97. The molecule has 1 aliphatic heterocycles. The summed E-state index contributed by atoms with van der Waals surface area (Å²) in [5.74, 6) is -2.93. The quantitative estimate of drug-likeness (QED) is 0.829. The van der Waals surface area contributed by atoms with Crippen LogP contribution in [0.1, 0.15) is 34.3 Å². The second-order valence-electron chi connectivity index (χ2n) is 5.33. The summed E-state index contributed by atoms with van der Waals surface area (Å²) in [6.45, 7) is 0.0494. The van der Waals surface area contributed by atoms with E-state index in [1.807, 2.05) is 0 Å². The highest BCUT2D eigenvalue weighted by Gasteiger charge is 2.60. The van der Waals surface area contributed by atoms with E-state index < -0.39 is 11.3 Å². The number of aliphatic hydroxyl groups is 1. The van der Waals surface area contributed by atoms with Gasteiger partial charge >= 0.3 is 0 Å². The Bertz CT molecular complexity index is 566. The van der Waals surface area contributed by atoms with Crippen molar-refractivity contribution in [2.45, 2.75) is 30.8 Å². The lowest BCUT2D eigenvalue weighted by atomic mass is 9.59. The van der Waals surface area contributed by atoms with Crippen molar-refractivity contribution in [2.24, 2.45) is 0 Å². The number of fused-ring (bicyclic) bond motifs is 2. The van der Waals surface area contributed by atoms with Gasteiger partial charge in [-0.25, -0.2) is 8.78 Å². The van der Waals surface area contributed by atoms with Gasteiger partial charge in [-0.05, 0) is 23.3 Å². The number of amides is 1. The Morgan fingerprint density at radius 1 is 1.37 bits per heavy atom. The molecule has 1 heterocycles. The van der Waals surface area contributed by atoms with Crippen molar-refractivity contribution in [3.8, 4) is 0 Å². The van der Waals surface area contributed by atoms with Gasteiger partial charge < -0.3 is 10.4 Å². The van der Waals surface area contributed by atoms with Crippen molar-refractivity contribution in [3.63, 3.8) is 0 Å². The fourth-order valence-corrected chi connectivity index (χ4v) is 4.07. The van der Waals surface area contributed by atoms with Crippen LogP contribution in [0.5, 0.6) is 0 Å². The van der Waals surface area contributed by atoms with Crippen LogP contribution in [0, 0.1) is 0 Å². The SMILES string of the molecule is O=C1NCC2(CC(F)(F)C2)c2c(Br)cc(CO)cc21. The lowest BCUT2D eigenvalue weighted by Gasteiger charge is -2.50. The van der Waals surface area contributed by atoms with Crippen molar-refractivity contribution < 1.29 is 18.7 Å². The number of aliphatic hydroxyl groups excluding tert-OH is 1. The second-order valence-corrected chi connectivity index (χ2v) is 6.19. The number of benzene rings is 1. The lowest BCUT2D eigenvalue weighted by molar-refractivity contribution is -0.126. The predicted molar refractivity (Wildman–Crippen MR) is 68.3 cm³/mol. The molecule has 2 N–H and O–H groups in total. The Labute approximate surface area is 117 Å². The Morgan fingerprint density at radius 3 is 2.63 bits per heavy atom. The number of hydrogen-bond donors (Lipinski definition) is 2. The van der Waals surface area contributed by atoms with Gasteiger partial charge in [-0.15, -0.1) is 0 Å². The lowest BCUT2D eigenvalue weighted by Crippen LogP contribution is -2.58. The summed E-state index contributed by atoms with van der Waals surface area (Å²) in [6.07, 6.45) is -0.491. The second kappa shape index (κ2) is 3.99. The zero-order valence-corrected chi connectivity index (χ0v) is 11.6. The molecule has 1 spiro atoms. The van der Waals surface area contributed by atoms with Gasteiger partial charge in [0, 0.05) is 34.8 Å². The maximum Gasteiger partial charge on any atom is 0.251 e. The van der Waals surface area contributed by atoms with Crippen LogP contribution in [0.15, 0.2) is 16.6 Å². The van der Waals surface area contributed by atoms with Gasteiger partial charge in [-0.1, -0.05) is 15.9 Å². The van der Waals surface area contributed by atoms with E-state index in [1.165, 1.54) is 0 Å². The summed E-state index contributed by atoms with van der Waals surface area (Å²) in [6, 6.07) is 3.27. The molecule has 3 rings (SSSR count). The maximum absolute atomic E-state index is 13.3. The van der Waals surface area contributed by atoms with Gasteiger partial charge in [0.1, 0.15) is 0 Å². The van der Waals surface area contributed by atoms with Crippen LogP contribution in [0.2, 0.25) is 0 Å². The molecule has 1 amide bonds. The van der Waals surface area contributed by atoms with E-state index in [2.05, 4.69) is 21.2 Å². The summed E-state index contributed by atoms with van der Waals surface area (Å²) in [5, 5.41) is 11.8. The van der Waals surface area contributed by atoms with E-state index in [4.69, 9.17) is 5.11 Å². The third-order valence-corrected chi connectivity index (χ3v) is 4.51. The number of hydrogen-bond acceptors (Lipinski definition) is 2. The molecule has 6 heteroatoms. The molecular formula is C13H12BrF2NO2. The number of halogens is 3. The molecule has 1 aromatic carbocycles. The predicted octanol–water partition coefficient (Wildman–Crippen LogP) is 2.35. The Kier molecular flexibility index (Phi) is 2.73. The van der Waals surface area contributed by atoms with Crippen molar-refractivity contribution in [1.29, 1.82) is 0 Å². The van der Waals surface area contributed by atoms with Crippen LogP contribution in [-0.4, -0.2) is 23.5 Å². The number of carbonyl (C=O) groups is 1. The van der Waals surface area contributed by atoms with E-state index in [1.54, 1.807) is 12.1 Å². The highest BCUT2D eigenvalue weighted by molar-refractivity contribution is 9.10. The normalized spacial score (nSPS) is 22.6. The first-order valence-electron chi connectivity index (χ1n) is 5.97. The topological polar surface area (TPSA) is 49.3 Å². The average Bonchev–Trinajstić information content (AvgIpc) is 2.30. The van der Waals surface area contributed by atoms with Crippen molar-refractivity contribution in [2.75, 3.05) is 6.54 Å². The van der Waals surface area contributed by atoms with Crippen LogP contribution < -0.4 is 5.32 Å². The molecule has 3 nitrogen and oxygen atoms in total. The summed E-state index contributed by atoms with van der Waals surface area (Å²) in [7, 11) is 0. The van der Waals surface area contributed by atoms with Crippen LogP contribution in [0.4, 0.5) is 8.78 Å². The van der Waals surface area contributed by atoms with Crippen molar-refractivity contribution in [3.05, 3.63) is 33.3 Å². The van der Waals surface area contributed by atoms with E-state index in [0.29, 0.717) is 21.2 Å². The number of alkyl halides is 2. The van der Waals surface area contributed by atoms with Crippen LogP contribution in [0.3, 0.4) is 0 Å². The molecule has 0 atom stereocenters. The van der Waals surface area contributed by atoms with E-state index in [9.17, 15) is 13.6 Å². The fraction of sp³-hybridized carbons (Fsp3) is 0.462. The minimum atomic E-state index is -2.66. The number of carbonyl (C=O) groups excluding carboxylic acids is 1. The molecule has 0 unspecified atom stereocenters. The highest BCUT2D eigenvalue weighted by Crippen LogP contribution is 2.56. The zero-order chi connectivity index (χ0) is 13.8. The highest BCUT2D eigenvalue weighted by atomic mass is 79.9. The van der Waals surface area contributed by atoms with E-state index in [-0.39, 0.29) is 31.9 Å². The van der Waals surface area contributed by atoms with Gasteiger partial charge in [0.15, 0.2) is 0 Å². The Hall–Kier alpha value is -1.01. The third-order valence-electron chi connectivity index (χ3n) is 3.89. The average molecular weight is 332 g/mol. The summed E-state index contributed by atoms with van der Waals surface area (Å²) in [5.41, 5.74) is 0.947. The van der Waals surface area contributed by atoms with Gasteiger partial charge in [0.25, 0.3) is 5.91 Å². The first-order chi connectivity index (χ1) is 8.87. The van der Waals surface area contributed by atoms with Crippen LogP contribution in [0.25, 0.3) is 0 Å². The standard InChI is InChI=1S/C13H12BrF2NO2/c14-9-2-7(3-18)1-8-10(9)12(6-17-11(8)19)4-13(15,16)5-12/h1-2,18H,3-6H2,(H,17,19). The Morgan fingerprint density at radius 2 is 2.05 bits per heavy atom. The fourth-order valence-electron chi connectivity index (χ4n) is 3.15. The molecule has 19 heavy (non-hydrogen) atoms. The minimum absolute atomic E-state index is 0.192. The summed E-state index contributed by atoms with van der Waals surface area (Å²) in [4.78, 5) is 11.9. The smallest absolute Gasteiger partial charge is 0.251 e. The monoisotopic (exact) mass is 331 g/mol. The first kappa shape index (κ1) is 13.0. The molecule has 1 fully saturated rings. The summed E-state index contributed by atoms with van der Waals surface area (Å²) >= 11 is 3.35. The molecule has 0 radical (unpaired) electrons. The molecule has 2 aliphatic rings. The molecule has 102 valence electrons. The molecule has 0 bridgehead atoms. The molecule has 0 saturated heterocycles. The van der Waals surface area contributed by atoms with Crippen LogP contribution in [-0.2, 0) is 12.0 Å². The van der Waals surface area contributed by atoms with E-state index >= 15 is 0 Å². The molecule has 1 aromatic rings. The van der Waals surface area contributed by atoms with Gasteiger partial charge in [0.05, 0.1) is 6.61 Å². The van der Waals surface area contributed by atoms with Crippen molar-refractivity contribution in [1.82, 2.24) is 5.32 Å². The van der Waals surface area contributed by atoms with Crippen LogP contribution >= 0.6 is 15.9 Å². The molecular weight excluding hydrogens is 320 g/mol.